The zero-order valence-corrected chi connectivity index (χ0v) is 8.58. The summed E-state index contributed by atoms with van der Waals surface area (Å²) in [6.07, 6.45) is 3.30. The second-order valence-electron chi connectivity index (χ2n) is 2.07. The van der Waals surface area contributed by atoms with Crippen LogP contribution in [0.1, 0.15) is 6.92 Å². The molecule has 0 saturated heterocycles. The van der Waals surface area contributed by atoms with Crippen LogP contribution in [-0.4, -0.2) is 35.1 Å². The summed E-state index contributed by atoms with van der Waals surface area (Å²) in [6.45, 7) is 1.82. The molecule has 0 aromatic carbocycles. The predicted octanol–water partition coefficient (Wildman–Crippen LogP) is -0.166. The first-order valence-electron chi connectivity index (χ1n) is 3.45. The molecule has 0 heterocycles. The van der Waals surface area contributed by atoms with E-state index in [0.29, 0.717) is 0 Å². The lowest BCUT2D eigenvalue weighted by molar-refractivity contribution is -0.109. The highest BCUT2D eigenvalue weighted by atomic mass is 28.2. The lowest BCUT2D eigenvalue weighted by atomic mass is 10.6. The van der Waals surface area contributed by atoms with E-state index in [2.05, 4.69) is 0 Å². The molecule has 0 aliphatic carbocycles. The summed E-state index contributed by atoms with van der Waals surface area (Å²) < 4.78 is 9.80. The average molecular weight is 174 g/mol. The van der Waals surface area contributed by atoms with Crippen LogP contribution in [0.4, 0.5) is 0 Å². The molecule has 11 heavy (non-hydrogen) atoms. The van der Waals surface area contributed by atoms with E-state index >= 15 is 0 Å². The first-order valence-corrected chi connectivity index (χ1v) is 4.98. The molecular formula is C7H14O3Si. The SMILES string of the molecule is CC=CC(=O)[SiH2]C(OC)OC. The van der Waals surface area contributed by atoms with Crippen LogP contribution in [0.3, 0.4) is 0 Å². The fraction of sp³-hybridized carbons (Fsp3) is 0.571. The fourth-order valence-corrected chi connectivity index (χ4v) is 1.71. The lowest BCUT2D eigenvalue weighted by Crippen LogP contribution is -2.27. The Kier molecular flexibility index (Phi) is 6.01. The van der Waals surface area contributed by atoms with E-state index in [0.717, 1.165) is 0 Å². The van der Waals surface area contributed by atoms with Crippen molar-refractivity contribution < 1.29 is 14.3 Å². The van der Waals surface area contributed by atoms with Gasteiger partial charge in [0.15, 0.2) is 9.52 Å². The molecule has 0 amide bonds. The molecule has 0 N–H and O–H groups in total. The first kappa shape index (κ1) is 10.5. The smallest absolute Gasteiger partial charge is 0.173 e. The minimum Gasteiger partial charge on any atom is -0.360 e. The van der Waals surface area contributed by atoms with Crippen molar-refractivity contribution >= 4 is 14.9 Å². The third kappa shape index (κ3) is 4.89. The molecular weight excluding hydrogens is 160 g/mol. The summed E-state index contributed by atoms with van der Waals surface area (Å²) >= 11 is 0. The number of methoxy groups -OCH3 is 2. The van der Waals surface area contributed by atoms with Crippen molar-refractivity contribution in [2.45, 2.75) is 12.8 Å². The molecule has 0 aliphatic heterocycles. The van der Waals surface area contributed by atoms with Crippen LogP contribution in [0.25, 0.3) is 0 Å². The molecule has 0 bridgehead atoms. The highest BCUT2D eigenvalue weighted by Gasteiger charge is 2.09. The topological polar surface area (TPSA) is 35.5 Å². The highest BCUT2D eigenvalue weighted by molar-refractivity contribution is 6.76. The second-order valence-corrected chi connectivity index (χ2v) is 3.84. The molecule has 64 valence electrons. The van der Waals surface area contributed by atoms with E-state index in [9.17, 15) is 4.79 Å². The molecule has 0 atom stereocenters. The molecule has 0 radical (unpaired) electrons. The van der Waals surface area contributed by atoms with E-state index < -0.39 is 9.52 Å². The van der Waals surface area contributed by atoms with Gasteiger partial charge in [-0.15, -0.1) is 0 Å². The molecule has 0 spiro atoms. The number of ether oxygens (including phenoxy) is 2. The van der Waals surface area contributed by atoms with Crippen molar-refractivity contribution in [3.8, 4) is 0 Å². The van der Waals surface area contributed by atoms with Crippen LogP contribution >= 0.6 is 0 Å². The number of rotatable bonds is 5. The zero-order chi connectivity index (χ0) is 8.69. The fourth-order valence-electron chi connectivity index (χ4n) is 0.681. The summed E-state index contributed by atoms with van der Waals surface area (Å²) in [5.74, 6) is -0.279. The van der Waals surface area contributed by atoms with Gasteiger partial charge in [0.2, 0.25) is 0 Å². The van der Waals surface area contributed by atoms with Crippen molar-refractivity contribution in [1.29, 1.82) is 0 Å². The summed E-state index contributed by atoms with van der Waals surface area (Å²) in [4.78, 5) is 11.0. The maximum atomic E-state index is 11.0. The molecule has 0 rings (SSSR count). The van der Waals surface area contributed by atoms with Crippen molar-refractivity contribution in [2.24, 2.45) is 0 Å². The van der Waals surface area contributed by atoms with Crippen LogP contribution in [0, 0.1) is 0 Å². The van der Waals surface area contributed by atoms with Gasteiger partial charge < -0.3 is 14.3 Å². The zero-order valence-electron chi connectivity index (χ0n) is 7.16. The van der Waals surface area contributed by atoms with Crippen molar-refractivity contribution in [1.82, 2.24) is 0 Å². The average Bonchev–Trinajstić information content (AvgIpc) is 2.01. The number of carbonyl (C=O) groups is 1. The normalized spacial score (nSPS) is 12.4. The maximum Gasteiger partial charge on any atom is 0.173 e. The Bertz CT molecular complexity index is 141. The molecule has 0 aromatic rings. The van der Waals surface area contributed by atoms with Crippen LogP contribution in [0.5, 0.6) is 0 Å². The number of allylic oxidation sites excluding steroid dienone is 2. The molecule has 0 aromatic heterocycles. The van der Waals surface area contributed by atoms with Crippen LogP contribution in [0.15, 0.2) is 12.2 Å². The van der Waals surface area contributed by atoms with Gasteiger partial charge in [0.1, 0.15) is 11.3 Å². The number of hydrogen-bond acceptors (Lipinski definition) is 3. The monoisotopic (exact) mass is 174 g/mol. The van der Waals surface area contributed by atoms with E-state index in [1.54, 1.807) is 26.4 Å². The Morgan fingerprint density at radius 1 is 1.45 bits per heavy atom. The highest BCUT2D eigenvalue weighted by Crippen LogP contribution is 1.89. The molecule has 0 aliphatic rings. The maximum absolute atomic E-state index is 11.0. The molecule has 3 nitrogen and oxygen atoms in total. The second kappa shape index (κ2) is 6.27. The largest absolute Gasteiger partial charge is 0.360 e. The Morgan fingerprint density at radius 3 is 2.36 bits per heavy atom. The molecule has 0 unspecified atom stereocenters. The van der Waals surface area contributed by atoms with Gasteiger partial charge in [0.25, 0.3) is 0 Å². The molecule has 4 heteroatoms. The van der Waals surface area contributed by atoms with Gasteiger partial charge in [-0.1, -0.05) is 6.08 Å². The molecule has 0 fully saturated rings. The van der Waals surface area contributed by atoms with E-state index in [4.69, 9.17) is 9.47 Å². The Balaban J connectivity index is 3.71. The van der Waals surface area contributed by atoms with Crippen LogP contribution in [0.2, 0.25) is 0 Å². The summed E-state index contributed by atoms with van der Waals surface area (Å²) in [6, 6.07) is 0. The third-order valence-electron chi connectivity index (χ3n) is 1.25. The van der Waals surface area contributed by atoms with Gasteiger partial charge in [-0.25, -0.2) is 0 Å². The van der Waals surface area contributed by atoms with Gasteiger partial charge in [0, 0.05) is 14.2 Å². The lowest BCUT2D eigenvalue weighted by Gasteiger charge is -2.09. The number of hydrogen-bond donors (Lipinski definition) is 0. The Hall–Kier alpha value is -0.453. The number of carbonyl (C=O) groups excluding carboxylic acids is 1. The summed E-state index contributed by atoms with van der Waals surface area (Å²) in [7, 11) is 2.16. The van der Waals surface area contributed by atoms with Gasteiger partial charge in [0.05, 0.1) is 0 Å². The van der Waals surface area contributed by atoms with Gasteiger partial charge in [-0.3, -0.25) is 0 Å². The van der Waals surface area contributed by atoms with E-state index in [-0.39, 0.29) is 11.3 Å². The standard InChI is InChI=1S/C7H14O3Si/c1-4-5-6(8)11-7(9-2)10-3/h4-5,7H,11H2,1-3H3. The summed E-state index contributed by atoms with van der Waals surface area (Å²) in [5.41, 5.74) is 0. The molecule has 0 saturated carbocycles. The van der Waals surface area contributed by atoms with E-state index in [1.807, 2.05) is 6.92 Å². The van der Waals surface area contributed by atoms with Gasteiger partial charge in [-0.05, 0) is 13.0 Å². The van der Waals surface area contributed by atoms with Crippen LogP contribution < -0.4 is 0 Å². The van der Waals surface area contributed by atoms with E-state index in [1.165, 1.54) is 0 Å². The van der Waals surface area contributed by atoms with Crippen molar-refractivity contribution in [3.63, 3.8) is 0 Å². The quantitative estimate of drug-likeness (QED) is 0.330. The van der Waals surface area contributed by atoms with Crippen LogP contribution in [-0.2, 0) is 14.3 Å². The first-order chi connectivity index (χ1) is 5.24. The Morgan fingerprint density at radius 2 is 2.00 bits per heavy atom. The van der Waals surface area contributed by atoms with Gasteiger partial charge >= 0.3 is 0 Å². The minimum atomic E-state index is -0.931. The minimum absolute atomic E-state index is 0.154. The summed E-state index contributed by atoms with van der Waals surface area (Å²) in [5, 5.41) is 0.154. The predicted molar refractivity (Wildman–Crippen MR) is 46.2 cm³/mol. The Labute approximate surface area is 69.2 Å². The third-order valence-corrected chi connectivity index (χ3v) is 2.88. The van der Waals surface area contributed by atoms with Gasteiger partial charge in [-0.2, -0.15) is 0 Å². The van der Waals surface area contributed by atoms with Crippen molar-refractivity contribution in [2.75, 3.05) is 14.2 Å². The van der Waals surface area contributed by atoms with Crippen molar-refractivity contribution in [3.05, 3.63) is 12.2 Å².